The number of nitrogens with zero attached hydrogens (tertiary/aromatic N) is 4. The molecule has 0 saturated carbocycles. The molecular weight excluding hydrogens is 534 g/mol. The monoisotopic (exact) mass is 565 g/mol. The number of rotatable bonds is 6. The van der Waals surface area contributed by atoms with Crippen molar-refractivity contribution in [3.8, 4) is 11.4 Å². The number of anilines is 1. The molecule has 4 rings (SSSR count). The van der Waals surface area contributed by atoms with E-state index in [0.29, 0.717) is 53.9 Å². The Bertz CT molecular complexity index is 1500. The Morgan fingerprint density at radius 1 is 0.973 bits per heavy atom. The minimum Gasteiger partial charge on any atom is -0.308 e. The lowest BCUT2D eigenvalue weighted by Crippen LogP contribution is -2.38. The van der Waals surface area contributed by atoms with Crippen molar-refractivity contribution in [2.75, 3.05) is 24.1 Å². The minimum absolute atomic E-state index is 0.0450. The fourth-order valence-electron chi connectivity index (χ4n) is 4.55. The van der Waals surface area contributed by atoms with Gasteiger partial charge in [0.15, 0.2) is 5.82 Å². The van der Waals surface area contributed by atoms with E-state index in [9.17, 15) is 16.8 Å². The Labute approximate surface area is 224 Å². The number of aryl methyl sites for hydroxylation is 1. The van der Waals surface area contributed by atoms with Crippen LogP contribution in [0.5, 0.6) is 0 Å². The summed E-state index contributed by atoms with van der Waals surface area (Å²) in [7, 11) is -7.16. The van der Waals surface area contributed by atoms with Crippen molar-refractivity contribution in [3.63, 3.8) is 0 Å². The van der Waals surface area contributed by atoms with Crippen LogP contribution in [0, 0.1) is 6.92 Å². The summed E-state index contributed by atoms with van der Waals surface area (Å²) in [5, 5.41) is 9.04. The van der Waals surface area contributed by atoms with E-state index in [0.717, 1.165) is 5.56 Å². The van der Waals surface area contributed by atoms with Gasteiger partial charge in [-0.25, -0.2) is 21.1 Å². The van der Waals surface area contributed by atoms with Crippen LogP contribution in [0.1, 0.15) is 51.0 Å². The van der Waals surface area contributed by atoms with Crippen LogP contribution < -0.4 is 4.72 Å². The molecule has 12 heteroatoms. The van der Waals surface area contributed by atoms with E-state index in [1.165, 1.54) is 10.6 Å². The van der Waals surface area contributed by atoms with E-state index in [1.807, 2.05) is 23.6 Å². The Morgan fingerprint density at radius 3 is 2.16 bits per heavy atom. The second-order valence-electron chi connectivity index (χ2n) is 10.4. The Hall–Kier alpha value is -2.47. The number of hydrogen-bond acceptors (Lipinski definition) is 6. The lowest BCUT2D eigenvalue weighted by atomic mass is 9.87. The Kier molecular flexibility index (Phi) is 7.46. The molecule has 3 aromatic rings. The number of hydrogen-bond donors (Lipinski definition) is 1. The van der Waals surface area contributed by atoms with Crippen molar-refractivity contribution in [2.45, 2.75) is 56.9 Å². The molecule has 1 fully saturated rings. The average Bonchev–Trinajstić information content (AvgIpc) is 3.20. The van der Waals surface area contributed by atoms with Gasteiger partial charge in [0.05, 0.1) is 16.8 Å². The average molecular weight is 566 g/mol. The Morgan fingerprint density at radius 2 is 1.59 bits per heavy atom. The van der Waals surface area contributed by atoms with Gasteiger partial charge in [0.1, 0.15) is 5.82 Å². The fraction of sp³-hybridized carbons (Fsp3) is 0.440. The van der Waals surface area contributed by atoms with Crippen molar-refractivity contribution < 1.29 is 16.8 Å². The van der Waals surface area contributed by atoms with Crippen LogP contribution in [0.2, 0.25) is 5.02 Å². The highest BCUT2D eigenvalue weighted by Gasteiger charge is 2.30. The van der Waals surface area contributed by atoms with E-state index >= 15 is 0 Å². The first-order chi connectivity index (χ1) is 17.2. The maximum Gasteiger partial charge on any atom is 0.261 e. The van der Waals surface area contributed by atoms with Crippen molar-refractivity contribution >= 4 is 37.3 Å². The van der Waals surface area contributed by atoms with Crippen LogP contribution >= 0.6 is 11.6 Å². The molecule has 0 unspecified atom stereocenters. The minimum atomic E-state index is -3.90. The Balaban J connectivity index is 1.68. The van der Waals surface area contributed by atoms with Gasteiger partial charge >= 0.3 is 0 Å². The molecule has 1 N–H and O–H groups in total. The summed E-state index contributed by atoms with van der Waals surface area (Å²) in [5.74, 6) is 1.12. The molecule has 0 bridgehead atoms. The second-order valence-corrected chi connectivity index (χ2v) is 14.5. The topological polar surface area (TPSA) is 114 Å². The third kappa shape index (κ3) is 6.00. The van der Waals surface area contributed by atoms with Crippen molar-refractivity contribution in [1.29, 1.82) is 0 Å². The summed E-state index contributed by atoms with van der Waals surface area (Å²) in [5.41, 5.74) is 1.75. The van der Waals surface area contributed by atoms with Gasteiger partial charge in [0.25, 0.3) is 10.0 Å². The number of halogens is 1. The van der Waals surface area contributed by atoms with Gasteiger partial charge in [-0.1, -0.05) is 44.5 Å². The van der Waals surface area contributed by atoms with Crippen molar-refractivity contribution in [3.05, 3.63) is 58.9 Å². The molecule has 1 saturated heterocycles. The van der Waals surface area contributed by atoms with E-state index in [1.54, 1.807) is 30.3 Å². The predicted molar refractivity (Wildman–Crippen MR) is 146 cm³/mol. The molecule has 0 amide bonds. The van der Waals surface area contributed by atoms with Crippen LogP contribution in [0.25, 0.3) is 11.4 Å². The van der Waals surface area contributed by atoms with Crippen molar-refractivity contribution in [2.24, 2.45) is 0 Å². The number of nitrogens with one attached hydrogen (secondary N) is 1. The van der Waals surface area contributed by atoms with Crippen LogP contribution in [0.15, 0.2) is 47.4 Å². The van der Waals surface area contributed by atoms with E-state index < -0.39 is 20.0 Å². The molecule has 200 valence electrons. The van der Waals surface area contributed by atoms with Gasteiger partial charge < -0.3 is 4.57 Å². The van der Waals surface area contributed by atoms with Crippen LogP contribution in [0.4, 0.5) is 5.69 Å². The van der Waals surface area contributed by atoms with Crippen molar-refractivity contribution in [1.82, 2.24) is 19.1 Å². The lowest BCUT2D eigenvalue weighted by Gasteiger charge is -2.32. The normalized spacial score (nSPS) is 16.2. The fourth-order valence-corrected chi connectivity index (χ4v) is 6.68. The highest BCUT2D eigenvalue weighted by molar-refractivity contribution is 7.92. The zero-order valence-corrected chi connectivity index (χ0v) is 24.0. The van der Waals surface area contributed by atoms with E-state index in [2.05, 4.69) is 35.7 Å². The standard InChI is InChI=1S/C25H32ClN5O4S2/c1-17-27-28-24(31(17)20-12-14-30(15-13-20)36(5,32)33)22-16-19(26)8-11-23(22)29-37(34,35)21-9-6-18(7-10-21)25(2,3)4/h6-11,16,20,29H,12-15H2,1-5H3. The molecule has 9 nitrogen and oxygen atoms in total. The predicted octanol–water partition coefficient (Wildman–Crippen LogP) is 4.60. The second kappa shape index (κ2) is 10.0. The summed E-state index contributed by atoms with van der Waals surface area (Å²) < 4.78 is 56.6. The van der Waals surface area contributed by atoms with Gasteiger partial charge in [-0.3, -0.25) is 4.72 Å². The lowest BCUT2D eigenvalue weighted by molar-refractivity contribution is 0.274. The zero-order chi connectivity index (χ0) is 27.2. The third-order valence-electron chi connectivity index (χ3n) is 6.62. The van der Waals surface area contributed by atoms with Crippen LogP contribution in [-0.4, -0.2) is 55.3 Å². The van der Waals surface area contributed by atoms with Crippen LogP contribution in [0.3, 0.4) is 0 Å². The van der Waals surface area contributed by atoms with E-state index in [4.69, 9.17) is 11.6 Å². The molecular formula is C25H32ClN5O4S2. The smallest absolute Gasteiger partial charge is 0.261 e. The van der Waals surface area contributed by atoms with Gasteiger partial charge in [-0.15, -0.1) is 10.2 Å². The maximum absolute atomic E-state index is 13.3. The SMILES string of the molecule is Cc1nnc(-c2cc(Cl)ccc2NS(=O)(=O)c2ccc(C(C)(C)C)cc2)n1C1CCN(S(C)(=O)=O)CC1. The molecule has 0 spiro atoms. The highest BCUT2D eigenvalue weighted by atomic mass is 35.5. The summed E-state index contributed by atoms with van der Waals surface area (Å²) >= 11 is 6.32. The van der Waals surface area contributed by atoms with Gasteiger partial charge in [0, 0.05) is 29.7 Å². The van der Waals surface area contributed by atoms with Gasteiger partial charge in [-0.05, 0) is 61.1 Å². The quantitative estimate of drug-likeness (QED) is 0.467. The molecule has 2 aromatic carbocycles. The molecule has 37 heavy (non-hydrogen) atoms. The van der Waals surface area contributed by atoms with Gasteiger partial charge in [0.2, 0.25) is 10.0 Å². The molecule has 0 radical (unpaired) electrons. The number of aromatic nitrogens is 3. The maximum atomic E-state index is 13.3. The number of sulfonamides is 2. The van der Waals surface area contributed by atoms with Gasteiger partial charge in [-0.2, -0.15) is 0 Å². The molecule has 0 atom stereocenters. The van der Waals surface area contributed by atoms with E-state index in [-0.39, 0.29) is 16.4 Å². The van der Waals surface area contributed by atoms with Crippen LogP contribution in [-0.2, 0) is 25.5 Å². The first kappa shape index (κ1) is 27.6. The first-order valence-electron chi connectivity index (χ1n) is 12.0. The summed E-state index contributed by atoms with van der Waals surface area (Å²) in [6.45, 7) is 8.80. The number of piperidine rings is 1. The zero-order valence-electron chi connectivity index (χ0n) is 21.6. The number of benzene rings is 2. The molecule has 1 aromatic heterocycles. The molecule has 0 aliphatic carbocycles. The largest absolute Gasteiger partial charge is 0.308 e. The summed E-state index contributed by atoms with van der Waals surface area (Å²) in [4.78, 5) is 0.146. The third-order valence-corrected chi connectivity index (χ3v) is 9.54. The summed E-state index contributed by atoms with van der Waals surface area (Å²) in [6, 6.07) is 11.7. The molecule has 1 aliphatic heterocycles. The summed E-state index contributed by atoms with van der Waals surface area (Å²) in [6.07, 6.45) is 2.38. The first-order valence-corrected chi connectivity index (χ1v) is 15.7. The molecule has 1 aliphatic rings. The highest BCUT2D eigenvalue weighted by Crippen LogP contribution is 2.36. The molecule has 2 heterocycles.